The van der Waals surface area contributed by atoms with Gasteiger partial charge in [-0.1, -0.05) is 0 Å². The highest BCUT2D eigenvalue weighted by molar-refractivity contribution is 9.10. The van der Waals surface area contributed by atoms with Crippen molar-refractivity contribution in [3.05, 3.63) is 20.8 Å². The van der Waals surface area contributed by atoms with E-state index in [0.29, 0.717) is 0 Å². The van der Waals surface area contributed by atoms with Crippen LogP contribution in [0.2, 0.25) is 0 Å². The fourth-order valence-corrected chi connectivity index (χ4v) is 3.40. The largest absolute Gasteiger partial charge is 0.316 e. The second-order valence-corrected chi connectivity index (χ2v) is 4.82. The Balaban J connectivity index is 2.13. The van der Waals surface area contributed by atoms with Gasteiger partial charge in [0, 0.05) is 16.4 Å². The first-order chi connectivity index (χ1) is 5.88. The number of hydrogen-bond acceptors (Lipinski definition) is 2. The van der Waals surface area contributed by atoms with E-state index in [1.807, 2.05) is 0 Å². The molecule has 1 aliphatic rings. The maximum atomic E-state index is 3.58. The minimum atomic E-state index is 0.736. The summed E-state index contributed by atoms with van der Waals surface area (Å²) in [5, 5.41) is 7.87. The zero-order valence-corrected chi connectivity index (χ0v) is 9.25. The second kappa shape index (κ2) is 3.90. The Kier molecular flexibility index (Phi) is 2.84. The molecule has 1 saturated heterocycles. The monoisotopic (exact) mass is 245 g/mol. The van der Waals surface area contributed by atoms with E-state index >= 15 is 0 Å². The van der Waals surface area contributed by atoms with E-state index in [-0.39, 0.29) is 0 Å². The van der Waals surface area contributed by atoms with Gasteiger partial charge in [0.1, 0.15) is 0 Å². The van der Waals surface area contributed by atoms with Crippen LogP contribution in [0.25, 0.3) is 0 Å². The molecule has 1 nitrogen and oxygen atoms in total. The first-order valence-electron chi connectivity index (χ1n) is 4.30. The molecule has 2 heterocycles. The molecule has 66 valence electrons. The van der Waals surface area contributed by atoms with E-state index in [9.17, 15) is 0 Å². The normalized spacial score (nSPS) is 24.2. The molecule has 0 bridgehead atoms. The number of thiophene rings is 1. The molecule has 1 aromatic rings. The minimum Gasteiger partial charge on any atom is -0.316 e. The highest BCUT2D eigenvalue weighted by Gasteiger charge is 2.17. The van der Waals surface area contributed by atoms with Crippen LogP contribution in [0.1, 0.15) is 24.3 Å². The molecule has 3 heteroatoms. The van der Waals surface area contributed by atoms with Crippen molar-refractivity contribution in [3.8, 4) is 0 Å². The summed E-state index contributed by atoms with van der Waals surface area (Å²) in [4.78, 5) is 0. The van der Waals surface area contributed by atoms with Gasteiger partial charge in [0.25, 0.3) is 0 Å². The molecular weight excluding hydrogens is 234 g/mol. The van der Waals surface area contributed by atoms with Crippen LogP contribution in [0.4, 0.5) is 0 Å². The summed E-state index contributed by atoms with van der Waals surface area (Å²) in [7, 11) is 0. The van der Waals surface area contributed by atoms with Gasteiger partial charge in [-0.05, 0) is 52.2 Å². The van der Waals surface area contributed by atoms with Gasteiger partial charge in [0.05, 0.1) is 0 Å². The molecule has 1 fully saturated rings. The predicted molar refractivity (Wildman–Crippen MR) is 56.9 cm³/mol. The Bertz CT molecular complexity index is 253. The molecule has 1 aromatic heterocycles. The maximum absolute atomic E-state index is 3.58. The van der Waals surface area contributed by atoms with Gasteiger partial charge in [-0.2, -0.15) is 11.3 Å². The number of nitrogens with one attached hydrogen (secondary N) is 1. The lowest BCUT2D eigenvalue weighted by molar-refractivity contribution is 0.461. The van der Waals surface area contributed by atoms with Crippen molar-refractivity contribution in [1.29, 1.82) is 0 Å². The van der Waals surface area contributed by atoms with Crippen LogP contribution in [-0.4, -0.2) is 13.1 Å². The zero-order valence-electron chi connectivity index (χ0n) is 6.85. The third kappa shape index (κ3) is 1.73. The van der Waals surface area contributed by atoms with Crippen LogP contribution in [0.15, 0.2) is 15.2 Å². The number of piperidine rings is 1. The van der Waals surface area contributed by atoms with Crippen molar-refractivity contribution in [2.75, 3.05) is 13.1 Å². The molecule has 0 radical (unpaired) electrons. The Hall–Kier alpha value is 0.140. The van der Waals surface area contributed by atoms with Gasteiger partial charge in [-0.25, -0.2) is 0 Å². The Morgan fingerprint density at radius 2 is 2.42 bits per heavy atom. The van der Waals surface area contributed by atoms with Crippen LogP contribution >= 0.6 is 27.3 Å². The lowest BCUT2D eigenvalue weighted by atomic mass is 9.94. The summed E-state index contributed by atoms with van der Waals surface area (Å²) in [6.07, 6.45) is 2.65. The lowest BCUT2D eigenvalue weighted by Crippen LogP contribution is -2.28. The highest BCUT2D eigenvalue weighted by atomic mass is 79.9. The van der Waals surface area contributed by atoms with Crippen molar-refractivity contribution in [2.45, 2.75) is 18.8 Å². The van der Waals surface area contributed by atoms with Gasteiger partial charge in [0.15, 0.2) is 0 Å². The Labute approximate surface area is 85.3 Å². The topological polar surface area (TPSA) is 12.0 Å². The van der Waals surface area contributed by atoms with Gasteiger partial charge >= 0.3 is 0 Å². The Morgan fingerprint density at radius 3 is 3.00 bits per heavy atom. The molecule has 1 unspecified atom stereocenters. The van der Waals surface area contributed by atoms with Gasteiger partial charge in [-0.3, -0.25) is 0 Å². The van der Waals surface area contributed by atoms with Gasteiger partial charge in [-0.15, -0.1) is 0 Å². The first-order valence-corrected chi connectivity index (χ1v) is 6.04. The van der Waals surface area contributed by atoms with Crippen molar-refractivity contribution < 1.29 is 0 Å². The molecule has 0 spiro atoms. The van der Waals surface area contributed by atoms with E-state index in [1.54, 1.807) is 11.3 Å². The molecule has 0 aliphatic carbocycles. The van der Waals surface area contributed by atoms with E-state index in [2.05, 4.69) is 32.0 Å². The molecule has 1 N–H and O–H groups in total. The molecule has 2 rings (SSSR count). The highest BCUT2D eigenvalue weighted by Crippen LogP contribution is 2.32. The molecule has 0 aromatic carbocycles. The summed E-state index contributed by atoms with van der Waals surface area (Å²) in [5.74, 6) is 0.736. The van der Waals surface area contributed by atoms with Gasteiger partial charge < -0.3 is 5.32 Å². The summed E-state index contributed by atoms with van der Waals surface area (Å²) in [6.45, 7) is 2.34. The number of hydrogen-bond donors (Lipinski definition) is 1. The average Bonchev–Trinajstić information content (AvgIpc) is 2.53. The third-order valence-electron chi connectivity index (χ3n) is 2.38. The average molecular weight is 246 g/mol. The van der Waals surface area contributed by atoms with Crippen LogP contribution < -0.4 is 5.32 Å². The van der Waals surface area contributed by atoms with Crippen molar-refractivity contribution in [1.82, 2.24) is 5.32 Å². The quantitative estimate of drug-likeness (QED) is 0.803. The molecule has 1 aliphatic heterocycles. The smallest absolute Gasteiger partial charge is 0.0317 e. The van der Waals surface area contributed by atoms with Crippen LogP contribution in [0.5, 0.6) is 0 Å². The molecule has 1 atom stereocenters. The fourth-order valence-electron chi connectivity index (χ4n) is 1.70. The van der Waals surface area contributed by atoms with E-state index < -0.39 is 0 Å². The summed E-state index contributed by atoms with van der Waals surface area (Å²) in [6, 6.07) is 0. The minimum absolute atomic E-state index is 0.736. The third-order valence-corrected chi connectivity index (χ3v) is 4.13. The molecule has 12 heavy (non-hydrogen) atoms. The number of halogens is 1. The number of rotatable bonds is 1. The molecule has 0 saturated carbocycles. The first kappa shape index (κ1) is 8.73. The van der Waals surface area contributed by atoms with E-state index in [1.165, 1.54) is 29.4 Å². The lowest BCUT2D eigenvalue weighted by Gasteiger charge is -2.22. The van der Waals surface area contributed by atoms with Crippen LogP contribution in [-0.2, 0) is 0 Å². The van der Waals surface area contributed by atoms with Crippen molar-refractivity contribution in [3.63, 3.8) is 0 Å². The molecular formula is C9H12BrNS. The maximum Gasteiger partial charge on any atom is 0.0317 e. The van der Waals surface area contributed by atoms with Crippen molar-refractivity contribution in [2.24, 2.45) is 0 Å². The van der Waals surface area contributed by atoms with Gasteiger partial charge in [0.2, 0.25) is 0 Å². The fraction of sp³-hybridized carbons (Fsp3) is 0.556. The summed E-state index contributed by atoms with van der Waals surface area (Å²) < 4.78 is 1.29. The Morgan fingerprint density at radius 1 is 1.50 bits per heavy atom. The van der Waals surface area contributed by atoms with Crippen molar-refractivity contribution >= 4 is 27.3 Å². The van der Waals surface area contributed by atoms with Crippen LogP contribution in [0, 0.1) is 0 Å². The van der Waals surface area contributed by atoms with E-state index in [4.69, 9.17) is 0 Å². The second-order valence-electron chi connectivity index (χ2n) is 3.22. The predicted octanol–water partition coefficient (Wildman–Crippen LogP) is 2.98. The molecule has 0 amide bonds. The zero-order chi connectivity index (χ0) is 8.39. The summed E-state index contributed by atoms with van der Waals surface area (Å²) in [5.41, 5.74) is 1.49. The standard InChI is InChI=1S/C9H12BrNS/c10-9-6-12-5-8(9)7-2-1-3-11-4-7/h5-7,11H,1-4H2. The van der Waals surface area contributed by atoms with Crippen LogP contribution in [0.3, 0.4) is 0 Å². The summed E-state index contributed by atoms with van der Waals surface area (Å²) >= 11 is 5.37. The SMILES string of the molecule is Brc1cscc1C1CCCNC1. The van der Waals surface area contributed by atoms with E-state index in [0.717, 1.165) is 12.5 Å².